The molecule has 0 spiro atoms. The number of aromatic nitrogens is 4. The zero-order valence-electron chi connectivity index (χ0n) is 11.2. The second-order valence-corrected chi connectivity index (χ2v) is 5.44. The summed E-state index contributed by atoms with van der Waals surface area (Å²) >= 11 is 1.16. The Morgan fingerprint density at radius 1 is 1.52 bits per heavy atom. The molecule has 0 unspecified atom stereocenters. The summed E-state index contributed by atoms with van der Waals surface area (Å²) in [4.78, 5) is 19.6. The van der Waals surface area contributed by atoms with Crippen molar-refractivity contribution in [3.8, 4) is 0 Å². The Kier molecular flexibility index (Phi) is 3.61. The molecule has 8 heteroatoms. The van der Waals surface area contributed by atoms with Gasteiger partial charge in [-0.2, -0.15) is 0 Å². The number of hydrogen-bond acceptors (Lipinski definition) is 6. The Labute approximate surface area is 124 Å². The second-order valence-electron chi connectivity index (χ2n) is 4.50. The SMILES string of the molecule is Cc1cnc2c(c1)nc(SCC(=O)O)n2Cc1ccno1. The van der Waals surface area contributed by atoms with Crippen molar-refractivity contribution < 1.29 is 14.4 Å². The van der Waals surface area contributed by atoms with Gasteiger partial charge < -0.3 is 9.63 Å². The zero-order valence-corrected chi connectivity index (χ0v) is 12.0. The van der Waals surface area contributed by atoms with Gasteiger partial charge >= 0.3 is 5.97 Å². The Morgan fingerprint density at radius 3 is 3.10 bits per heavy atom. The van der Waals surface area contributed by atoms with Gasteiger partial charge in [0.1, 0.15) is 5.52 Å². The number of hydrogen-bond donors (Lipinski definition) is 1. The summed E-state index contributed by atoms with van der Waals surface area (Å²) < 4.78 is 6.94. The lowest BCUT2D eigenvalue weighted by atomic mass is 10.3. The number of pyridine rings is 1. The molecule has 0 aliphatic rings. The number of rotatable bonds is 5. The molecular formula is C13H12N4O3S. The first kappa shape index (κ1) is 13.6. The number of nitrogens with zero attached hydrogens (tertiary/aromatic N) is 4. The standard InChI is InChI=1S/C13H12N4O3S/c1-8-4-10-12(14-5-8)17(6-9-2-3-15-20-9)13(16-10)21-7-11(18)19/h2-5H,6-7H2,1H3,(H,18,19). The van der Waals surface area contributed by atoms with Gasteiger partial charge in [-0.15, -0.1) is 0 Å². The molecule has 0 saturated heterocycles. The molecule has 3 rings (SSSR count). The number of carbonyl (C=O) groups is 1. The van der Waals surface area contributed by atoms with Crippen molar-refractivity contribution in [2.45, 2.75) is 18.6 Å². The molecule has 0 saturated carbocycles. The van der Waals surface area contributed by atoms with E-state index in [2.05, 4.69) is 15.1 Å². The first-order chi connectivity index (χ1) is 10.1. The number of aliphatic carboxylic acids is 1. The number of carboxylic acids is 1. The lowest BCUT2D eigenvalue weighted by Crippen LogP contribution is -2.04. The van der Waals surface area contributed by atoms with Crippen LogP contribution in [0.5, 0.6) is 0 Å². The third-order valence-corrected chi connectivity index (χ3v) is 3.78. The third kappa shape index (κ3) is 2.89. The van der Waals surface area contributed by atoms with Crippen LogP contribution in [0.2, 0.25) is 0 Å². The first-order valence-electron chi connectivity index (χ1n) is 6.20. The van der Waals surface area contributed by atoms with Crippen LogP contribution in [0.4, 0.5) is 0 Å². The van der Waals surface area contributed by atoms with E-state index in [1.54, 1.807) is 18.5 Å². The summed E-state index contributed by atoms with van der Waals surface area (Å²) in [6.07, 6.45) is 3.32. The Balaban J connectivity index is 2.03. The average molecular weight is 304 g/mol. The fraction of sp³-hybridized carbons (Fsp3) is 0.231. The van der Waals surface area contributed by atoms with Gasteiger partial charge in [-0.1, -0.05) is 16.9 Å². The van der Waals surface area contributed by atoms with Crippen molar-refractivity contribution >= 4 is 28.9 Å². The molecule has 21 heavy (non-hydrogen) atoms. The summed E-state index contributed by atoms with van der Waals surface area (Å²) in [5.74, 6) is -0.283. The molecule has 0 aliphatic heterocycles. The summed E-state index contributed by atoms with van der Waals surface area (Å²) in [7, 11) is 0. The maximum absolute atomic E-state index is 10.8. The summed E-state index contributed by atoms with van der Waals surface area (Å²) in [6.45, 7) is 2.35. The molecule has 0 amide bonds. The smallest absolute Gasteiger partial charge is 0.313 e. The van der Waals surface area contributed by atoms with Crippen molar-refractivity contribution in [3.05, 3.63) is 35.9 Å². The normalized spacial score (nSPS) is 11.1. The lowest BCUT2D eigenvalue weighted by molar-refractivity contribution is -0.133. The van der Waals surface area contributed by atoms with Crippen molar-refractivity contribution in [1.29, 1.82) is 0 Å². The first-order valence-corrected chi connectivity index (χ1v) is 7.19. The van der Waals surface area contributed by atoms with Crippen LogP contribution in [0.3, 0.4) is 0 Å². The molecule has 7 nitrogen and oxygen atoms in total. The third-order valence-electron chi connectivity index (χ3n) is 2.82. The molecule has 3 aromatic rings. The predicted octanol–water partition coefficient (Wildman–Crippen LogP) is 1.95. The van der Waals surface area contributed by atoms with Crippen molar-refractivity contribution in [1.82, 2.24) is 19.7 Å². The van der Waals surface area contributed by atoms with E-state index >= 15 is 0 Å². The van der Waals surface area contributed by atoms with Gasteiger partial charge in [0, 0.05) is 12.3 Å². The monoisotopic (exact) mass is 304 g/mol. The number of fused-ring (bicyclic) bond motifs is 1. The highest BCUT2D eigenvalue weighted by molar-refractivity contribution is 7.99. The molecule has 0 aromatic carbocycles. The van der Waals surface area contributed by atoms with Gasteiger partial charge in [0.2, 0.25) is 0 Å². The van der Waals surface area contributed by atoms with Crippen molar-refractivity contribution in [2.75, 3.05) is 5.75 Å². The summed E-state index contributed by atoms with van der Waals surface area (Å²) in [5, 5.41) is 13.1. The highest BCUT2D eigenvalue weighted by atomic mass is 32.2. The fourth-order valence-electron chi connectivity index (χ4n) is 1.95. The van der Waals surface area contributed by atoms with Gasteiger partial charge in [-0.25, -0.2) is 9.97 Å². The van der Waals surface area contributed by atoms with Crippen LogP contribution >= 0.6 is 11.8 Å². The summed E-state index contributed by atoms with van der Waals surface area (Å²) in [5.41, 5.74) is 2.44. The maximum atomic E-state index is 10.8. The molecule has 0 radical (unpaired) electrons. The van der Waals surface area contributed by atoms with Gasteiger partial charge in [-0.05, 0) is 18.6 Å². The lowest BCUT2D eigenvalue weighted by Gasteiger charge is -2.04. The second kappa shape index (κ2) is 5.57. The molecule has 3 heterocycles. The molecule has 0 fully saturated rings. The van der Waals surface area contributed by atoms with E-state index in [1.807, 2.05) is 17.6 Å². The van der Waals surface area contributed by atoms with Crippen LogP contribution in [0.1, 0.15) is 11.3 Å². The van der Waals surface area contributed by atoms with Crippen LogP contribution in [-0.4, -0.2) is 36.5 Å². The van der Waals surface area contributed by atoms with Crippen LogP contribution in [-0.2, 0) is 11.3 Å². The molecule has 0 atom stereocenters. The predicted molar refractivity (Wildman–Crippen MR) is 76.2 cm³/mol. The quantitative estimate of drug-likeness (QED) is 0.720. The van der Waals surface area contributed by atoms with Gasteiger partial charge in [0.25, 0.3) is 0 Å². The minimum absolute atomic E-state index is 0.0568. The molecular weight excluding hydrogens is 292 g/mol. The van der Waals surface area contributed by atoms with Gasteiger partial charge in [0.05, 0.1) is 18.5 Å². The van der Waals surface area contributed by atoms with E-state index in [-0.39, 0.29) is 5.75 Å². The van der Waals surface area contributed by atoms with E-state index < -0.39 is 5.97 Å². The van der Waals surface area contributed by atoms with Crippen LogP contribution in [0, 0.1) is 6.92 Å². The summed E-state index contributed by atoms with van der Waals surface area (Å²) in [6, 6.07) is 3.68. The van der Waals surface area contributed by atoms with E-state index in [4.69, 9.17) is 9.63 Å². The fourth-order valence-corrected chi connectivity index (χ4v) is 2.67. The van der Waals surface area contributed by atoms with Gasteiger partial charge in [-0.3, -0.25) is 9.36 Å². The Bertz CT molecular complexity index is 782. The van der Waals surface area contributed by atoms with Crippen LogP contribution in [0.15, 0.2) is 34.2 Å². The molecule has 1 N–H and O–H groups in total. The average Bonchev–Trinajstić information content (AvgIpc) is 3.05. The van der Waals surface area contributed by atoms with E-state index in [1.165, 1.54) is 0 Å². The molecule has 0 aliphatic carbocycles. The van der Waals surface area contributed by atoms with E-state index in [9.17, 15) is 4.79 Å². The number of thioether (sulfide) groups is 1. The minimum Gasteiger partial charge on any atom is -0.481 e. The van der Waals surface area contributed by atoms with Crippen LogP contribution < -0.4 is 0 Å². The maximum Gasteiger partial charge on any atom is 0.313 e. The molecule has 108 valence electrons. The number of imidazole rings is 1. The Morgan fingerprint density at radius 2 is 2.38 bits per heavy atom. The topological polar surface area (TPSA) is 94.0 Å². The number of aryl methyl sites for hydroxylation is 1. The Hall–Kier alpha value is -2.35. The highest BCUT2D eigenvalue weighted by Gasteiger charge is 2.15. The van der Waals surface area contributed by atoms with Crippen molar-refractivity contribution in [3.63, 3.8) is 0 Å². The largest absolute Gasteiger partial charge is 0.481 e. The van der Waals surface area contributed by atoms with Gasteiger partial charge in [0.15, 0.2) is 16.6 Å². The van der Waals surface area contributed by atoms with Crippen LogP contribution in [0.25, 0.3) is 11.2 Å². The number of carboxylic acid groups (broad SMARTS) is 1. The molecule has 3 aromatic heterocycles. The molecule has 0 bridgehead atoms. The highest BCUT2D eigenvalue weighted by Crippen LogP contribution is 2.24. The van der Waals surface area contributed by atoms with Crippen molar-refractivity contribution in [2.24, 2.45) is 0 Å². The minimum atomic E-state index is -0.887. The van der Waals surface area contributed by atoms with E-state index in [0.29, 0.717) is 23.1 Å². The zero-order chi connectivity index (χ0) is 14.8. The van der Waals surface area contributed by atoms with E-state index in [0.717, 1.165) is 22.8 Å².